The number of aliphatic carboxylic acids is 1. The maximum Gasteiger partial charge on any atom is 0.344 e. The van der Waals surface area contributed by atoms with E-state index in [1.165, 1.54) is 6.33 Å². The monoisotopic (exact) mass is 779 g/mol. The summed E-state index contributed by atoms with van der Waals surface area (Å²) in [6, 6.07) is 15.7. The molecule has 1 aliphatic rings. The van der Waals surface area contributed by atoms with E-state index < -0.39 is 49.4 Å². The van der Waals surface area contributed by atoms with Crippen LogP contribution in [-0.2, 0) is 28.5 Å². The number of ether oxygens (including phenoxy) is 4. The minimum Gasteiger partial charge on any atom is -0.479 e. The van der Waals surface area contributed by atoms with Crippen molar-refractivity contribution in [3.05, 3.63) is 117 Å². The molecule has 3 aromatic carbocycles. The molecule has 1 aliphatic heterocycles. The van der Waals surface area contributed by atoms with E-state index in [1.807, 2.05) is 54.5 Å². The summed E-state index contributed by atoms with van der Waals surface area (Å²) in [6.07, 6.45) is 2.39. The third kappa shape index (κ3) is 10.2. The molecule has 15 nitrogen and oxygen atoms in total. The van der Waals surface area contributed by atoms with E-state index in [2.05, 4.69) is 25.0 Å². The molecular weight excluding hydrogens is 734 g/mol. The summed E-state index contributed by atoms with van der Waals surface area (Å²) in [5, 5.41) is 11.2. The number of aromatic nitrogens is 4. The van der Waals surface area contributed by atoms with Gasteiger partial charge in [-0.3, -0.25) is 9.36 Å². The first-order valence-corrected chi connectivity index (χ1v) is 18.3. The normalized spacial score (nSPS) is 15.9. The van der Waals surface area contributed by atoms with Gasteiger partial charge in [0, 0.05) is 12.0 Å². The molecule has 0 saturated carbocycles. The molecular formula is C42H45N5O10. The molecule has 1 amide bonds. The second-order valence-corrected chi connectivity index (χ2v) is 13.7. The van der Waals surface area contributed by atoms with Crippen LogP contribution in [0.15, 0.2) is 67.3 Å². The van der Waals surface area contributed by atoms with Gasteiger partial charge in [-0.1, -0.05) is 25.1 Å². The van der Waals surface area contributed by atoms with Crippen molar-refractivity contribution < 1.29 is 48.0 Å². The molecule has 0 spiro atoms. The van der Waals surface area contributed by atoms with Crippen LogP contribution < -0.4 is 5.32 Å². The first-order chi connectivity index (χ1) is 27.2. The number of aryl methyl sites for hydroxylation is 4. The second kappa shape index (κ2) is 18.4. The predicted molar refractivity (Wildman–Crippen MR) is 208 cm³/mol. The van der Waals surface area contributed by atoms with E-state index in [4.69, 9.17) is 19.3 Å². The SMILES string of the molecule is CCC1OC(n2cnc3c(NC(=O)c4ccccc4)ncnc32)CC1OC(=O)COC(=O)c1cc(C)c(C)c(C)c1.Cc1cc(C(=O)OCC(=O)O)cc(C)c1C. The minimum absolute atomic E-state index is 0.274. The number of hydrogen-bond donors (Lipinski definition) is 2. The summed E-state index contributed by atoms with van der Waals surface area (Å²) in [7, 11) is 0. The lowest BCUT2D eigenvalue weighted by atomic mass is 10.0. The smallest absolute Gasteiger partial charge is 0.344 e. The van der Waals surface area contributed by atoms with Gasteiger partial charge in [-0.25, -0.2) is 34.1 Å². The second-order valence-electron chi connectivity index (χ2n) is 13.7. The van der Waals surface area contributed by atoms with Gasteiger partial charge in [-0.05, 0) is 118 Å². The van der Waals surface area contributed by atoms with E-state index in [1.54, 1.807) is 59.4 Å². The van der Waals surface area contributed by atoms with Gasteiger partial charge in [0.15, 0.2) is 30.2 Å². The Morgan fingerprint density at radius 3 is 1.89 bits per heavy atom. The fourth-order valence-electron chi connectivity index (χ4n) is 6.21. The number of nitrogens with zero attached hydrogens (tertiary/aromatic N) is 4. The number of rotatable bonds is 11. The molecule has 3 unspecified atom stereocenters. The van der Waals surface area contributed by atoms with Crippen LogP contribution in [0.2, 0.25) is 0 Å². The van der Waals surface area contributed by atoms with Crippen molar-refractivity contribution in [2.45, 2.75) is 79.7 Å². The van der Waals surface area contributed by atoms with Crippen LogP contribution in [0.3, 0.4) is 0 Å². The van der Waals surface area contributed by atoms with Crippen LogP contribution in [0, 0.1) is 41.5 Å². The molecule has 2 aromatic heterocycles. The number of carbonyl (C=O) groups is 5. The lowest BCUT2D eigenvalue weighted by Crippen LogP contribution is -2.29. The van der Waals surface area contributed by atoms with Crippen LogP contribution in [-0.4, -0.2) is 79.8 Å². The average Bonchev–Trinajstić information content (AvgIpc) is 3.81. The molecule has 2 N–H and O–H groups in total. The maximum atomic E-state index is 12.7. The highest BCUT2D eigenvalue weighted by atomic mass is 16.6. The number of anilines is 1. The number of esters is 3. The molecule has 0 aliphatic carbocycles. The van der Waals surface area contributed by atoms with Gasteiger partial charge in [0.05, 0.1) is 23.6 Å². The van der Waals surface area contributed by atoms with Crippen LogP contribution >= 0.6 is 0 Å². The molecule has 298 valence electrons. The zero-order chi connectivity index (χ0) is 41.4. The van der Waals surface area contributed by atoms with Gasteiger partial charge < -0.3 is 29.4 Å². The fourth-order valence-corrected chi connectivity index (χ4v) is 6.21. The molecule has 6 rings (SSSR count). The Morgan fingerprint density at radius 1 is 0.789 bits per heavy atom. The van der Waals surface area contributed by atoms with Crippen molar-refractivity contribution in [2.24, 2.45) is 0 Å². The van der Waals surface area contributed by atoms with Crippen molar-refractivity contribution in [1.29, 1.82) is 0 Å². The summed E-state index contributed by atoms with van der Waals surface area (Å²) >= 11 is 0. The van der Waals surface area contributed by atoms with Gasteiger partial charge in [0.2, 0.25) is 0 Å². The number of amides is 1. The van der Waals surface area contributed by atoms with Crippen molar-refractivity contribution in [1.82, 2.24) is 19.5 Å². The van der Waals surface area contributed by atoms with Crippen molar-refractivity contribution >= 4 is 46.8 Å². The topological polar surface area (TPSA) is 198 Å². The summed E-state index contributed by atoms with van der Waals surface area (Å²) in [5.74, 6) is -3.04. The number of fused-ring (bicyclic) bond motifs is 1. The summed E-state index contributed by atoms with van der Waals surface area (Å²) in [4.78, 5) is 72.5. The Hall–Kier alpha value is -6.48. The molecule has 5 aromatic rings. The first-order valence-electron chi connectivity index (χ1n) is 18.3. The van der Waals surface area contributed by atoms with Crippen LogP contribution in [0.1, 0.15) is 90.4 Å². The molecule has 1 saturated heterocycles. The van der Waals surface area contributed by atoms with E-state index >= 15 is 0 Å². The van der Waals surface area contributed by atoms with E-state index in [-0.39, 0.29) is 17.8 Å². The zero-order valence-electron chi connectivity index (χ0n) is 32.8. The lowest BCUT2D eigenvalue weighted by Gasteiger charge is -2.17. The average molecular weight is 780 g/mol. The summed E-state index contributed by atoms with van der Waals surface area (Å²) in [5.41, 5.74) is 8.29. The number of benzene rings is 3. The molecule has 3 atom stereocenters. The van der Waals surface area contributed by atoms with Crippen molar-refractivity contribution in [2.75, 3.05) is 18.5 Å². The van der Waals surface area contributed by atoms with E-state index in [0.717, 1.165) is 33.4 Å². The molecule has 0 radical (unpaired) electrons. The van der Waals surface area contributed by atoms with Crippen LogP contribution in [0.5, 0.6) is 0 Å². The summed E-state index contributed by atoms with van der Waals surface area (Å²) in [6.45, 7) is 12.4. The molecule has 57 heavy (non-hydrogen) atoms. The Labute approximate surface area is 329 Å². The Morgan fingerprint density at radius 2 is 1.35 bits per heavy atom. The Kier molecular flexibility index (Phi) is 13.5. The lowest BCUT2D eigenvalue weighted by molar-refractivity contribution is -0.155. The largest absolute Gasteiger partial charge is 0.479 e. The number of carbonyl (C=O) groups excluding carboxylic acids is 4. The van der Waals surface area contributed by atoms with Crippen molar-refractivity contribution in [3.8, 4) is 0 Å². The summed E-state index contributed by atoms with van der Waals surface area (Å²) < 4.78 is 23.4. The minimum atomic E-state index is -1.16. The fraction of sp³-hybridized carbons (Fsp3) is 0.333. The van der Waals surface area contributed by atoms with Gasteiger partial charge in [-0.15, -0.1) is 0 Å². The van der Waals surface area contributed by atoms with Crippen LogP contribution in [0.25, 0.3) is 11.2 Å². The third-order valence-electron chi connectivity index (χ3n) is 9.78. The third-order valence-corrected chi connectivity index (χ3v) is 9.78. The zero-order valence-corrected chi connectivity index (χ0v) is 32.8. The number of imidazole rings is 1. The highest BCUT2D eigenvalue weighted by Crippen LogP contribution is 2.35. The van der Waals surface area contributed by atoms with Crippen LogP contribution in [0.4, 0.5) is 5.82 Å². The van der Waals surface area contributed by atoms with Crippen molar-refractivity contribution in [3.63, 3.8) is 0 Å². The molecule has 0 bridgehead atoms. The predicted octanol–water partition coefficient (Wildman–Crippen LogP) is 6.32. The maximum absolute atomic E-state index is 12.7. The number of carboxylic acids is 1. The van der Waals surface area contributed by atoms with Gasteiger partial charge >= 0.3 is 23.9 Å². The molecule has 3 heterocycles. The molecule has 1 fully saturated rings. The van der Waals surface area contributed by atoms with E-state index in [9.17, 15) is 24.0 Å². The Bertz CT molecular complexity index is 2260. The van der Waals surface area contributed by atoms with Gasteiger partial charge in [0.25, 0.3) is 5.91 Å². The number of nitrogens with one attached hydrogen (secondary N) is 1. The molecule has 15 heteroatoms. The van der Waals surface area contributed by atoms with E-state index in [0.29, 0.717) is 40.7 Å². The quantitative estimate of drug-likeness (QED) is 0.112. The highest BCUT2D eigenvalue weighted by molar-refractivity contribution is 6.06. The standard InChI is InChI=1S/C30H31N5O6.C12H14O4/c1-5-22-23(41-25(36)14-39-30(38)21-11-17(2)19(4)18(3)12-21)13-24(40-22)35-16-33-26-27(31-15-32-28(26)35)34-29(37)20-9-7-6-8-10-20;1-7-4-10(5-8(2)9(7)3)12(15)16-6-11(13)14/h6-12,15-16,22-24H,5,13-14H2,1-4H3,(H,31,32,34,37);4-5H,6H2,1-3H3,(H,13,14). The number of hydrogen-bond acceptors (Lipinski definition) is 12. The Balaban J connectivity index is 0.000000326. The first kappa shape index (κ1) is 41.7. The number of carboxylic acid groups (broad SMARTS) is 1. The van der Waals surface area contributed by atoms with Gasteiger partial charge in [0.1, 0.15) is 18.7 Å². The van der Waals surface area contributed by atoms with Gasteiger partial charge in [-0.2, -0.15) is 0 Å². The highest BCUT2D eigenvalue weighted by Gasteiger charge is 2.39.